The monoisotopic (exact) mass is 372 g/mol. The van der Waals surface area contributed by atoms with Crippen LogP contribution < -0.4 is 4.90 Å². The van der Waals surface area contributed by atoms with Gasteiger partial charge < -0.3 is 19.3 Å². The predicted molar refractivity (Wildman–Crippen MR) is 103 cm³/mol. The van der Waals surface area contributed by atoms with E-state index in [4.69, 9.17) is 9.26 Å². The first kappa shape index (κ1) is 18.4. The molecule has 1 aromatic carbocycles. The molecule has 2 unspecified atom stereocenters. The Kier molecular flexibility index (Phi) is 6.01. The predicted octanol–water partition coefficient (Wildman–Crippen LogP) is 2.04. The van der Waals surface area contributed by atoms with Gasteiger partial charge in [-0.1, -0.05) is 35.5 Å². The summed E-state index contributed by atoms with van der Waals surface area (Å²) >= 11 is 0. The van der Waals surface area contributed by atoms with Crippen molar-refractivity contribution in [3.8, 4) is 11.4 Å². The van der Waals surface area contributed by atoms with Gasteiger partial charge in [0, 0.05) is 44.4 Å². The molecule has 0 bridgehead atoms. The molecule has 0 aliphatic carbocycles. The van der Waals surface area contributed by atoms with E-state index < -0.39 is 0 Å². The van der Waals surface area contributed by atoms with Crippen molar-refractivity contribution >= 4 is 6.01 Å². The number of morpholine rings is 1. The van der Waals surface area contributed by atoms with Crippen LogP contribution in [0, 0.1) is 5.92 Å². The number of hydrogen-bond acceptors (Lipinski definition) is 7. The summed E-state index contributed by atoms with van der Waals surface area (Å²) in [6, 6.07) is 11.0. The fraction of sp³-hybridized carbons (Fsp3) is 0.600. The summed E-state index contributed by atoms with van der Waals surface area (Å²) in [5.41, 5.74) is 0.965. The average molecular weight is 372 g/mol. The lowest BCUT2D eigenvalue weighted by atomic mass is 9.87. The topological polar surface area (TPSA) is 74.9 Å². The van der Waals surface area contributed by atoms with Crippen molar-refractivity contribution in [2.75, 3.05) is 50.9 Å². The number of aromatic nitrogens is 2. The van der Waals surface area contributed by atoms with Gasteiger partial charge in [-0.25, -0.2) is 0 Å². The van der Waals surface area contributed by atoms with E-state index in [2.05, 4.69) is 19.9 Å². The van der Waals surface area contributed by atoms with Gasteiger partial charge in [0.1, 0.15) is 0 Å². The fourth-order valence-electron chi connectivity index (χ4n) is 4.27. The van der Waals surface area contributed by atoms with Crippen LogP contribution in [-0.2, 0) is 4.74 Å². The van der Waals surface area contributed by atoms with Gasteiger partial charge >= 0.3 is 6.01 Å². The number of benzene rings is 1. The SMILES string of the molecule is OCCCC1CN(c2nc(-c3ccccc3)no2)CCC1N1CCOCC1. The molecule has 2 aliphatic rings. The van der Waals surface area contributed by atoms with Crippen LogP contribution in [0.4, 0.5) is 6.01 Å². The van der Waals surface area contributed by atoms with Crippen molar-refractivity contribution in [2.45, 2.75) is 25.3 Å². The van der Waals surface area contributed by atoms with Crippen molar-refractivity contribution in [1.29, 1.82) is 0 Å². The normalized spacial score (nSPS) is 24.3. The quantitative estimate of drug-likeness (QED) is 0.832. The highest BCUT2D eigenvalue weighted by atomic mass is 16.5. The molecule has 146 valence electrons. The second-order valence-corrected chi connectivity index (χ2v) is 7.34. The van der Waals surface area contributed by atoms with Crippen LogP contribution in [0.3, 0.4) is 0 Å². The van der Waals surface area contributed by atoms with E-state index in [-0.39, 0.29) is 6.61 Å². The lowest BCUT2D eigenvalue weighted by Crippen LogP contribution is -2.54. The molecule has 7 heteroatoms. The molecule has 2 aromatic rings. The third-order valence-electron chi connectivity index (χ3n) is 5.66. The van der Waals surface area contributed by atoms with Crippen LogP contribution in [0.1, 0.15) is 19.3 Å². The molecule has 2 saturated heterocycles. The van der Waals surface area contributed by atoms with Crippen LogP contribution in [-0.4, -0.2) is 72.2 Å². The van der Waals surface area contributed by atoms with E-state index in [1.807, 2.05) is 30.3 Å². The molecule has 27 heavy (non-hydrogen) atoms. The Labute approximate surface area is 159 Å². The molecule has 7 nitrogen and oxygen atoms in total. The van der Waals surface area contributed by atoms with Crippen LogP contribution in [0.25, 0.3) is 11.4 Å². The third-order valence-corrected chi connectivity index (χ3v) is 5.66. The minimum atomic E-state index is 0.241. The summed E-state index contributed by atoms with van der Waals surface area (Å²) < 4.78 is 11.1. The fourth-order valence-corrected chi connectivity index (χ4v) is 4.27. The maximum Gasteiger partial charge on any atom is 0.324 e. The third kappa shape index (κ3) is 4.31. The molecule has 2 atom stereocenters. The van der Waals surface area contributed by atoms with Gasteiger partial charge in [-0.3, -0.25) is 4.90 Å². The van der Waals surface area contributed by atoms with Crippen molar-refractivity contribution in [2.24, 2.45) is 5.92 Å². The minimum Gasteiger partial charge on any atom is -0.396 e. The lowest BCUT2D eigenvalue weighted by Gasteiger charge is -2.44. The van der Waals surface area contributed by atoms with Crippen LogP contribution in [0.15, 0.2) is 34.9 Å². The van der Waals surface area contributed by atoms with Crippen molar-refractivity contribution in [3.63, 3.8) is 0 Å². The maximum absolute atomic E-state index is 9.32. The number of aliphatic hydroxyl groups is 1. The molecule has 2 fully saturated rings. The Balaban J connectivity index is 1.46. The Morgan fingerprint density at radius 3 is 2.70 bits per heavy atom. The summed E-state index contributed by atoms with van der Waals surface area (Å²) in [5, 5.41) is 13.5. The van der Waals surface area contributed by atoms with E-state index in [0.717, 1.165) is 64.2 Å². The van der Waals surface area contributed by atoms with Crippen LogP contribution in [0.2, 0.25) is 0 Å². The van der Waals surface area contributed by atoms with Gasteiger partial charge in [0.15, 0.2) is 0 Å². The number of piperidine rings is 1. The highest BCUT2D eigenvalue weighted by Gasteiger charge is 2.35. The highest BCUT2D eigenvalue weighted by molar-refractivity contribution is 5.55. The summed E-state index contributed by atoms with van der Waals surface area (Å²) in [4.78, 5) is 9.39. The summed E-state index contributed by atoms with van der Waals surface area (Å²) in [5.74, 6) is 1.11. The molecule has 0 amide bonds. The second-order valence-electron chi connectivity index (χ2n) is 7.34. The molecule has 3 heterocycles. The number of ether oxygens (including phenoxy) is 1. The zero-order valence-corrected chi connectivity index (χ0v) is 15.7. The Morgan fingerprint density at radius 2 is 1.93 bits per heavy atom. The molecular weight excluding hydrogens is 344 g/mol. The van der Waals surface area contributed by atoms with E-state index in [1.165, 1.54) is 0 Å². The van der Waals surface area contributed by atoms with E-state index >= 15 is 0 Å². The molecule has 1 aromatic heterocycles. The molecular formula is C20H28N4O3. The smallest absolute Gasteiger partial charge is 0.324 e. The lowest BCUT2D eigenvalue weighted by molar-refractivity contribution is -0.00446. The zero-order valence-electron chi connectivity index (χ0n) is 15.7. The zero-order chi connectivity index (χ0) is 18.5. The first-order valence-corrected chi connectivity index (χ1v) is 9.92. The largest absolute Gasteiger partial charge is 0.396 e. The molecule has 4 rings (SSSR count). The van der Waals surface area contributed by atoms with E-state index in [0.29, 0.717) is 23.8 Å². The molecule has 0 radical (unpaired) electrons. The minimum absolute atomic E-state index is 0.241. The van der Waals surface area contributed by atoms with Crippen LogP contribution in [0.5, 0.6) is 0 Å². The van der Waals surface area contributed by atoms with Crippen LogP contribution >= 0.6 is 0 Å². The van der Waals surface area contributed by atoms with Gasteiger partial charge in [-0.05, 0) is 25.2 Å². The standard InChI is InChI=1S/C20H28N4O3/c25-12-4-7-17-15-24(9-8-18(17)23-10-13-26-14-11-23)20-21-19(22-27-20)16-5-2-1-3-6-16/h1-3,5-6,17-18,25H,4,7-15H2. The van der Waals surface area contributed by atoms with Gasteiger partial charge in [-0.15, -0.1) is 0 Å². The molecule has 2 aliphatic heterocycles. The van der Waals surface area contributed by atoms with Gasteiger partial charge in [0.2, 0.25) is 5.82 Å². The average Bonchev–Trinajstić information content (AvgIpc) is 3.24. The molecule has 1 N–H and O–H groups in total. The van der Waals surface area contributed by atoms with Gasteiger partial charge in [0.25, 0.3) is 0 Å². The summed E-state index contributed by atoms with van der Waals surface area (Å²) in [6.07, 6.45) is 2.91. The summed E-state index contributed by atoms with van der Waals surface area (Å²) in [6.45, 7) is 5.67. The first-order chi connectivity index (χ1) is 13.3. The Bertz CT molecular complexity index is 702. The number of aliphatic hydroxyl groups excluding tert-OH is 1. The van der Waals surface area contributed by atoms with E-state index in [9.17, 15) is 5.11 Å². The Morgan fingerprint density at radius 1 is 1.11 bits per heavy atom. The number of hydrogen-bond donors (Lipinski definition) is 1. The second kappa shape index (κ2) is 8.82. The highest BCUT2D eigenvalue weighted by Crippen LogP contribution is 2.30. The van der Waals surface area contributed by atoms with Gasteiger partial charge in [-0.2, -0.15) is 4.98 Å². The van der Waals surface area contributed by atoms with Crippen molar-refractivity contribution < 1.29 is 14.4 Å². The Hall–Kier alpha value is -1.96. The number of nitrogens with zero attached hydrogens (tertiary/aromatic N) is 4. The maximum atomic E-state index is 9.32. The van der Waals surface area contributed by atoms with Crippen molar-refractivity contribution in [3.05, 3.63) is 30.3 Å². The molecule has 0 saturated carbocycles. The number of anilines is 1. The molecule has 0 spiro atoms. The van der Waals surface area contributed by atoms with E-state index in [1.54, 1.807) is 0 Å². The van der Waals surface area contributed by atoms with Crippen molar-refractivity contribution in [1.82, 2.24) is 15.0 Å². The van der Waals surface area contributed by atoms with Gasteiger partial charge in [0.05, 0.1) is 13.2 Å². The number of rotatable bonds is 6. The first-order valence-electron chi connectivity index (χ1n) is 9.92. The summed E-state index contributed by atoms with van der Waals surface area (Å²) in [7, 11) is 0.